The minimum atomic E-state index is -0.0537. The third kappa shape index (κ3) is 4.58. The zero-order valence-corrected chi connectivity index (χ0v) is 19.5. The van der Waals surface area contributed by atoms with Crippen molar-refractivity contribution < 1.29 is 4.42 Å². The molecule has 0 aliphatic carbocycles. The van der Waals surface area contributed by atoms with E-state index in [1.165, 1.54) is 0 Å². The summed E-state index contributed by atoms with van der Waals surface area (Å²) in [6, 6.07) is 18.1. The van der Waals surface area contributed by atoms with Gasteiger partial charge in [0.2, 0.25) is 0 Å². The number of halogens is 1. The van der Waals surface area contributed by atoms with Crippen molar-refractivity contribution in [3.05, 3.63) is 76.7 Å². The Morgan fingerprint density at radius 2 is 1.93 bits per heavy atom. The molecule has 0 radical (unpaired) electrons. The van der Waals surface area contributed by atoms with Gasteiger partial charge in [0.1, 0.15) is 17.6 Å². The molecule has 0 saturated carbocycles. The number of hydrogen-bond acceptors (Lipinski definition) is 4. The molecule has 1 aliphatic heterocycles. The second kappa shape index (κ2) is 9.29. The quantitative estimate of drug-likeness (QED) is 0.474. The predicted molar refractivity (Wildman–Crippen MR) is 127 cm³/mol. The largest absolute Gasteiger partial charge is 0.459 e. The van der Waals surface area contributed by atoms with Gasteiger partial charge in [-0.2, -0.15) is 0 Å². The van der Waals surface area contributed by atoms with Crippen molar-refractivity contribution in [2.24, 2.45) is 0 Å². The van der Waals surface area contributed by atoms with E-state index in [9.17, 15) is 0 Å². The molecule has 1 saturated heterocycles. The number of thiocarbonyl (C=S) groups is 1. The van der Waals surface area contributed by atoms with Crippen LogP contribution in [0.15, 0.2) is 69.7 Å². The number of furan rings is 1. The van der Waals surface area contributed by atoms with Crippen molar-refractivity contribution in [2.75, 3.05) is 27.2 Å². The molecule has 2 atom stereocenters. The van der Waals surface area contributed by atoms with E-state index in [1.807, 2.05) is 42.6 Å². The van der Waals surface area contributed by atoms with Gasteiger partial charge in [-0.05, 0) is 75.7 Å². The monoisotopic (exact) mass is 484 g/mol. The molecule has 1 fully saturated rings. The van der Waals surface area contributed by atoms with E-state index in [1.54, 1.807) is 0 Å². The summed E-state index contributed by atoms with van der Waals surface area (Å²) >= 11 is 9.20. The lowest BCUT2D eigenvalue weighted by Gasteiger charge is -2.26. The third-order valence-electron chi connectivity index (χ3n) is 5.25. The standard InChI is InChI=1S/C23H25BrN4OS/c1-27(2)14-5-15-28-22(21(26-23(28)30)18-6-3-4-13-25-18)20-12-11-19(29-20)16-7-9-17(24)10-8-16/h3-4,6-13,21-22H,5,14-15H2,1-2H3,(H,26,30)/t21-,22+/m0/s1. The van der Waals surface area contributed by atoms with Crippen molar-refractivity contribution in [3.8, 4) is 11.3 Å². The Labute approximate surface area is 191 Å². The molecule has 0 unspecified atom stereocenters. The molecule has 0 amide bonds. The fraction of sp³-hybridized carbons (Fsp3) is 0.304. The second-order valence-corrected chi connectivity index (χ2v) is 8.99. The van der Waals surface area contributed by atoms with Gasteiger partial charge < -0.3 is 19.5 Å². The lowest BCUT2D eigenvalue weighted by molar-refractivity contribution is 0.261. The highest BCUT2D eigenvalue weighted by molar-refractivity contribution is 9.10. The smallest absolute Gasteiger partial charge is 0.170 e. The topological polar surface area (TPSA) is 44.5 Å². The van der Waals surface area contributed by atoms with Crippen LogP contribution in [0.1, 0.15) is 30.0 Å². The molecule has 4 rings (SSSR count). The van der Waals surface area contributed by atoms with Gasteiger partial charge in [0.25, 0.3) is 0 Å². The Morgan fingerprint density at radius 3 is 2.63 bits per heavy atom. The molecule has 5 nitrogen and oxygen atoms in total. The molecule has 1 aromatic carbocycles. The first-order valence-electron chi connectivity index (χ1n) is 10.0. The number of hydrogen-bond donors (Lipinski definition) is 1. The first-order valence-corrected chi connectivity index (χ1v) is 11.2. The third-order valence-corrected chi connectivity index (χ3v) is 6.13. The van der Waals surface area contributed by atoms with Gasteiger partial charge in [-0.3, -0.25) is 4.98 Å². The van der Waals surface area contributed by atoms with Gasteiger partial charge in [-0.25, -0.2) is 0 Å². The van der Waals surface area contributed by atoms with Crippen LogP contribution in [-0.4, -0.2) is 47.1 Å². The molecule has 1 aliphatic rings. The van der Waals surface area contributed by atoms with E-state index in [0.29, 0.717) is 0 Å². The van der Waals surface area contributed by atoms with E-state index < -0.39 is 0 Å². The molecule has 0 bridgehead atoms. The van der Waals surface area contributed by atoms with Gasteiger partial charge in [0.15, 0.2) is 5.11 Å². The van der Waals surface area contributed by atoms with Crippen LogP contribution in [-0.2, 0) is 0 Å². The molecule has 3 heterocycles. The van der Waals surface area contributed by atoms with E-state index in [4.69, 9.17) is 16.6 Å². The second-order valence-electron chi connectivity index (χ2n) is 7.69. The summed E-state index contributed by atoms with van der Waals surface area (Å²) in [4.78, 5) is 9.01. The van der Waals surface area contributed by atoms with Crippen molar-refractivity contribution in [1.29, 1.82) is 0 Å². The Bertz CT molecular complexity index is 990. The van der Waals surface area contributed by atoms with Crippen LogP contribution in [0.3, 0.4) is 0 Å². The van der Waals surface area contributed by atoms with Crippen LogP contribution < -0.4 is 5.32 Å². The zero-order chi connectivity index (χ0) is 21.1. The maximum atomic E-state index is 6.36. The van der Waals surface area contributed by atoms with Crippen LogP contribution in [0.5, 0.6) is 0 Å². The number of nitrogens with one attached hydrogen (secondary N) is 1. The Kier molecular flexibility index (Phi) is 6.51. The number of aromatic nitrogens is 1. The predicted octanol–water partition coefficient (Wildman–Crippen LogP) is 5.03. The minimum Gasteiger partial charge on any atom is -0.459 e. The molecule has 3 aromatic rings. The van der Waals surface area contributed by atoms with Crippen molar-refractivity contribution in [2.45, 2.75) is 18.5 Å². The molecular formula is C23H25BrN4OS. The first kappa shape index (κ1) is 21.0. The fourth-order valence-electron chi connectivity index (χ4n) is 3.79. The van der Waals surface area contributed by atoms with Gasteiger partial charge in [0, 0.05) is 22.8 Å². The maximum Gasteiger partial charge on any atom is 0.170 e. The number of benzene rings is 1. The Morgan fingerprint density at radius 1 is 1.13 bits per heavy atom. The van der Waals surface area contributed by atoms with Crippen molar-refractivity contribution in [3.63, 3.8) is 0 Å². The summed E-state index contributed by atoms with van der Waals surface area (Å²) in [5.74, 6) is 1.74. The highest BCUT2D eigenvalue weighted by atomic mass is 79.9. The van der Waals surface area contributed by atoms with Crippen LogP contribution in [0, 0.1) is 0 Å². The summed E-state index contributed by atoms with van der Waals surface area (Å²) in [6.07, 6.45) is 2.84. The summed E-state index contributed by atoms with van der Waals surface area (Å²) < 4.78 is 7.40. The highest BCUT2D eigenvalue weighted by Crippen LogP contribution is 2.40. The van der Waals surface area contributed by atoms with E-state index in [-0.39, 0.29) is 12.1 Å². The number of pyridine rings is 1. The fourth-order valence-corrected chi connectivity index (χ4v) is 4.39. The van der Waals surface area contributed by atoms with E-state index in [2.05, 4.69) is 68.3 Å². The normalized spacial score (nSPS) is 18.8. The molecule has 1 N–H and O–H groups in total. The van der Waals surface area contributed by atoms with Gasteiger partial charge in [-0.1, -0.05) is 34.1 Å². The van der Waals surface area contributed by atoms with Gasteiger partial charge >= 0.3 is 0 Å². The Balaban J connectivity index is 1.65. The summed E-state index contributed by atoms with van der Waals surface area (Å²) in [6.45, 7) is 1.86. The SMILES string of the molecule is CN(C)CCCN1C(=S)N[C@@H](c2ccccn2)[C@H]1c1ccc(-c2ccc(Br)cc2)o1. The first-order chi connectivity index (χ1) is 14.5. The van der Waals surface area contributed by atoms with Crippen LogP contribution >= 0.6 is 28.1 Å². The summed E-state index contributed by atoms with van der Waals surface area (Å²) in [5.41, 5.74) is 2.01. The van der Waals surface area contributed by atoms with Crippen molar-refractivity contribution in [1.82, 2.24) is 20.1 Å². The molecular weight excluding hydrogens is 460 g/mol. The average Bonchev–Trinajstić information content (AvgIpc) is 3.34. The molecule has 0 spiro atoms. The number of nitrogens with zero attached hydrogens (tertiary/aromatic N) is 3. The zero-order valence-electron chi connectivity index (χ0n) is 17.1. The summed E-state index contributed by atoms with van der Waals surface area (Å²) in [7, 11) is 4.18. The highest BCUT2D eigenvalue weighted by Gasteiger charge is 2.41. The summed E-state index contributed by atoms with van der Waals surface area (Å²) in [5, 5.41) is 4.22. The van der Waals surface area contributed by atoms with Crippen LogP contribution in [0.25, 0.3) is 11.3 Å². The van der Waals surface area contributed by atoms with Crippen LogP contribution in [0.4, 0.5) is 0 Å². The van der Waals surface area contributed by atoms with E-state index >= 15 is 0 Å². The van der Waals surface area contributed by atoms with Crippen molar-refractivity contribution >= 4 is 33.3 Å². The number of rotatable bonds is 7. The van der Waals surface area contributed by atoms with Crippen LogP contribution in [0.2, 0.25) is 0 Å². The van der Waals surface area contributed by atoms with E-state index in [0.717, 1.165) is 51.9 Å². The average molecular weight is 485 g/mol. The lowest BCUT2D eigenvalue weighted by atomic mass is 10.0. The van der Waals surface area contributed by atoms with Gasteiger partial charge in [0.05, 0.1) is 11.7 Å². The molecule has 2 aromatic heterocycles. The molecule has 156 valence electrons. The maximum absolute atomic E-state index is 6.36. The lowest BCUT2D eigenvalue weighted by Crippen LogP contribution is -2.32. The Hall–Kier alpha value is -2.22. The molecule has 7 heteroatoms. The minimum absolute atomic E-state index is 0.0428. The molecule has 30 heavy (non-hydrogen) atoms. The van der Waals surface area contributed by atoms with Gasteiger partial charge in [-0.15, -0.1) is 0 Å².